The second-order valence-corrected chi connectivity index (χ2v) is 5.10. The molecule has 1 N–H and O–H groups in total. The van der Waals surface area contributed by atoms with Gasteiger partial charge in [-0.2, -0.15) is 0 Å². The average molecular weight is 219 g/mol. The van der Waals surface area contributed by atoms with Gasteiger partial charge in [-0.1, -0.05) is 57.5 Å². The summed E-state index contributed by atoms with van der Waals surface area (Å²) >= 11 is 0. The van der Waals surface area contributed by atoms with Crippen LogP contribution in [0.4, 0.5) is 0 Å². The van der Waals surface area contributed by atoms with Crippen molar-refractivity contribution in [2.75, 3.05) is 13.1 Å². The second kappa shape index (κ2) is 6.70. The fourth-order valence-corrected chi connectivity index (χ4v) is 1.86. The molecule has 0 saturated carbocycles. The molecule has 1 nitrogen and oxygen atoms in total. The molecule has 0 fully saturated rings. The van der Waals surface area contributed by atoms with E-state index in [-0.39, 0.29) is 5.41 Å². The molecule has 0 radical (unpaired) electrons. The molecule has 0 bridgehead atoms. The topological polar surface area (TPSA) is 12.0 Å². The monoisotopic (exact) mass is 219 g/mol. The molecule has 0 heterocycles. The Kier molecular flexibility index (Phi) is 5.54. The van der Waals surface area contributed by atoms with E-state index in [1.807, 2.05) is 0 Å². The van der Waals surface area contributed by atoms with Gasteiger partial charge < -0.3 is 5.32 Å². The van der Waals surface area contributed by atoms with Crippen LogP contribution in [0.15, 0.2) is 30.3 Å². The zero-order valence-corrected chi connectivity index (χ0v) is 10.9. The summed E-state index contributed by atoms with van der Waals surface area (Å²) in [6.45, 7) is 9.15. The predicted molar refractivity (Wildman–Crippen MR) is 71.9 cm³/mol. The first-order valence-corrected chi connectivity index (χ1v) is 6.43. The zero-order chi connectivity index (χ0) is 11.9. The van der Waals surface area contributed by atoms with E-state index < -0.39 is 0 Å². The molecule has 1 rings (SSSR count). The normalized spacial score (nSPS) is 11.7. The van der Waals surface area contributed by atoms with Crippen LogP contribution < -0.4 is 5.32 Å². The van der Waals surface area contributed by atoms with Crippen molar-refractivity contribution in [1.29, 1.82) is 0 Å². The van der Waals surface area contributed by atoms with Gasteiger partial charge >= 0.3 is 0 Å². The first kappa shape index (κ1) is 13.2. The maximum atomic E-state index is 3.51. The van der Waals surface area contributed by atoms with Crippen molar-refractivity contribution in [2.24, 2.45) is 0 Å². The molecule has 1 aromatic carbocycles. The van der Waals surface area contributed by atoms with E-state index in [1.165, 1.54) is 24.8 Å². The van der Waals surface area contributed by atoms with E-state index in [1.54, 1.807) is 0 Å². The Labute approximate surface area is 100 Å². The maximum Gasteiger partial charge on any atom is -0.00406 e. The fourth-order valence-electron chi connectivity index (χ4n) is 1.86. The molecule has 0 unspecified atom stereocenters. The van der Waals surface area contributed by atoms with Crippen LogP contribution in [0.25, 0.3) is 0 Å². The van der Waals surface area contributed by atoms with E-state index >= 15 is 0 Å². The van der Waals surface area contributed by atoms with E-state index in [0.717, 1.165) is 13.1 Å². The van der Waals surface area contributed by atoms with Crippen LogP contribution >= 0.6 is 0 Å². The summed E-state index contributed by atoms with van der Waals surface area (Å²) in [6, 6.07) is 10.8. The first-order valence-electron chi connectivity index (χ1n) is 6.43. The number of nitrogens with one attached hydrogen (secondary N) is 1. The van der Waals surface area contributed by atoms with E-state index in [4.69, 9.17) is 0 Å². The summed E-state index contributed by atoms with van der Waals surface area (Å²) in [4.78, 5) is 0. The molecule has 0 spiro atoms. The number of hydrogen-bond acceptors (Lipinski definition) is 1. The zero-order valence-electron chi connectivity index (χ0n) is 10.9. The molecular weight excluding hydrogens is 194 g/mol. The van der Waals surface area contributed by atoms with Crippen molar-refractivity contribution in [3.8, 4) is 0 Å². The SMILES string of the molecule is CCCCNCCC(C)(C)c1ccccc1. The summed E-state index contributed by atoms with van der Waals surface area (Å²) in [6.07, 6.45) is 3.75. The third kappa shape index (κ3) is 4.36. The summed E-state index contributed by atoms with van der Waals surface area (Å²) in [7, 11) is 0. The third-order valence-corrected chi connectivity index (χ3v) is 3.19. The molecule has 0 saturated heterocycles. The largest absolute Gasteiger partial charge is 0.317 e. The molecular formula is C15H25N. The predicted octanol–water partition coefficient (Wildman–Crippen LogP) is 3.74. The van der Waals surface area contributed by atoms with E-state index in [9.17, 15) is 0 Å². The van der Waals surface area contributed by atoms with Crippen LogP contribution in [0, 0.1) is 0 Å². The maximum absolute atomic E-state index is 3.51. The van der Waals surface area contributed by atoms with E-state index in [0.29, 0.717) is 0 Å². The minimum atomic E-state index is 0.278. The van der Waals surface area contributed by atoms with Gasteiger partial charge in [0.25, 0.3) is 0 Å². The number of unbranched alkanes of at least 4 members (excludes halogenated alkanes) is 1. The lowest BCUT2D eigenvalue weighted by Gasteiger charge is -2.25. The molecule has 1 aromatic rings. The van der Waals surface area contributed by atoms with Gasteiger partial charge in [-0.3, -0.25) is 0 Å². The second-order valence-electron chi connectivity index (χ2n) is 5.10. The summed E-state index contributed by atoms with van der Waals surface area (Å²) in [5.41, 5.74) is 1.72. The Bertz CT molecular complexity index is 277. The van der Waals surface area contributed by atoms with Gasteiger partial charge in [0.05, 0.1) is 0 Å². The Balaban J connectivity index is 2.35. The van der Waals surface area contributed by atoms with Crippen LogP contribution in [0.5, 0.6) is 0 Å². The third-order valence-electron chi connectivity index (χ3n) is 3.19. The van der Waals surface area contributed by atoms with Gasteiger partial charge in [-0.25, -0.2) is 0 Å². The minimum Gasteiger partial charge on any atom is -0.317 e. The number of hydrogen-bond donors (Lipinski definition) is 1. The lowest BCUT2D eigenvalue weighted by molar-refractivity contribution is 0.455. The van der Waals surface area contributed by atoms with Crippen LogP contribution in [-0.4, -0.2) is 13.1 Å². The van der Waals surface area contributed by atoms with Crippen molar-refractivity contribution in [3.05, 3.63) is 35.9 Å². The average Bonchev–Trinajstić information content (AvgIpc) is 2.30. The standard InChI is InChI=1S/C15H25N/c1-4-5-12-16-13-11-15(2,3)14-9-7-6-8-10-14/h6-10,16H,4-5,11-13H2,1-3H3. The van der Waals surface area contributed by atoms with Crippen LogP contribution in [-0.2, 0) is 5.41 Å². The molecule has 0 aliphatic carbocycles. The molecule has 0 amide bonds. The Morgan fingerprint density at radius 3 is 2.38 bits per heavy atom. The van der Waals surface area contributed by atoms with Crippen LogP contribution in [0.2, 0.25) is 0 Å². The molecule has 16 heavy (non-hydrogen) atoms. The van der Waals surface area contributed by atoms with E-state index in [2.05, 4.69) is 56.4 Å². The van der Waals surface area contributed by atoms with Crippen molar-refractivity contribution in [2.45, 2.75) is 45.4 Å². The highest BCUT2D eigenvalue weighted by Gasteiger charge is 2.19. The summed E-state index contributed by atoms with van der Waals surface area (Å²) in [5.74, 6) is 0. The van der Waals surface area contributed by atoms with Crippen molar-refractivity contribution in [3.63, 3.8) is 0 Å². The van der Waals surface area contributed by atoms with Gasteiger partial charge in [-0.15, -0.1) is 0 Å². The fraction of sp³-hybridized carbons (Fsp3) is 0.600. The molecule has 0 aliphatic heterocycles. The molecule has 0 aromatic heterocycles. The first-order chi connectivity index (χ1) is 7.67. The Hall–Kier alpha value is -0.820. The van der Waals surface area contributed by atoms with Gasteiger partial charge in [0.1, 0.15) is 0 Å². The van der Waals surface area contributed by atoms with Gasteiger partial charge in [0, 0.05) is 0 Å². The molecule has 0 aliphatic rings. The Morgan fingerprint density at radius 2 is 1.75 bits per heavy atom. The molecule has 1 heteroatoms. The molecule has 0 atom stereocenters. The van der Waals surface area contributed by atoms with Crippen LogP contribution in [0.1, 0.15) is 45.6 Å². The number of rotatable bonds is 7. The summed E-state index contributed by atoms with van der Waals surface area (Å²) in [5, 5.41) is 3.51. The number of benzene rings is 1. The lowest BCUT2D eigenvalue weighted by atomic mass is 9.81. The van der Waals surface area contributed by atoms with Crippen molar-refractivity contribution < 1.29 is 0 Å². The highest BCUT2D eigenvalue weighted by molar-refractivity contribution is 5.23. The van der Waals surface area contributed by atoms with Crippen molar-refractivity contribution in [1.82, 2.24) is 5.32 Å². The lowest BCUT2D eigenvalue weighted by Crippen LogP contribution is -2.26. The van der Waals surface area contributed by atoms with Gasteiger partial charge in [0.2, 0.25) is 0 Å². The quantitative estimate of drug-likeness (QED) is 0.689. The smallest absolute Gasteiger partial charge is 0.00406 e. The van der Waals surface area contributed by atoms with Crippen LogP contribution in [0.3, 0.4) is 0 Å². The molecule has 90 valence electrons. The van der Waals surface area contributed by atoms with Crippen molar-refractivity contribution >= 4 is 0 Å². The highest BCUT2D eigenvalue weighted by atomic mass is 14.8. The summed E-state index contributed by atoms with van der Waals surface area (Å²) < 4.78 is 0. The highest BCUT2D eigenvalue weighted by Crippen LogP contribution is 2.25. The van der Waals surface area contributed by atoms with Gasteiger partial charge in [-0.05, 0) is 36.9 Å². The minimum absolute atomic E-state index is 0.278. The van der Waals surface area contributed by atoms with Gasteiger partial charge in [0.15, 0.2) is 0 Å². The Morgan fingerprint density at radius 1 is 1.06 bits per heavy atom.